The molecule has 20 heavy (non-hydrogen) atoms. The van der Waals surface area contributed by atoms with Crippen LogP contribution in [0.4, 0.5) is 0 Å². The number of carbonyl (C=O) groups excluding carboxylic acids is 1. The number of hydrogen-bond acceptors (Lipinski definition) is 2. The van der Waals surface area contributed by atoms with Gasteiger partial charge in [-0.3, -0.25) is 4.79 Å². The van der Waals surface area contributed by atoms with Crippen LogP contribution in [0.15, 0.2) is 54.6 Å². The van der Waals surface area contributed by atoms with E-state index in [1.807, 2.05) is 68.4 Å². The van der Waals surface area contributed by atoms with Gasteiger partial charge in [0, 0.05) is 12.0 Å². The van der Waals surface area contributed by atoms with Crippen LogP contribution in [0.3, 0.4) is 0 Å². The molecule has 2 nitrogen and oxygen atoms in total. The fourth-order valence-electron chi connectivity index (χ4n) is 2.10. The Morgan fingerprint density at radius 3 is 2.35 bits per heavy atom. The molecule has 2 aromatic rings. The highest BCUT2D eigenvalue weighted by molar-refractivity contribution is 5.96. The van der Waals surface area contributed by atoms with Gasteiger partial charge in [-0.1, -0.05) is 48.5 Å². The largest absolute Gasteiger partial charge is 0.491 e. The van der Waals surface area contributed by atoms with E-state index in [0.717, 1.165) is 16.9 Å². The molecule has 0 aliphatic rings. The summed E-state index contributed by atoms with van der Waals surface area (Å²) in [6.45, 7) is 4.01. The van der Waals surface area contributed by atoms with E-state index in [1.165, 1.54) is 0 Å². The Labute approximate surface area is 120 Å². The van der Waals surface area contributed by atoms with E-state index >= 15 is 0 Å². The van der Waals surface area contributed by atoms with Crippen LogP contribution in [0.5, 0.6) is 5.75 Å². The van der Waals surface area contributed by atoms with E-state index < -0.39 is 0 Å². The maximum Gasteiger partial charge on any atom is 0.163 e. The van der Waals surface area contributed by atoms with Gasteiger partial charge in [0.1, 0.15) is 5.75 Å². The number of hydrogen-bond donors (Lipinski definition) is 0. The molecule has 2 aromatic carbocycles. The quantitative estimate of drug-likeness (QED) is 0.730. The van der Waals surface area contributed by atoms with Crippen LogP contribution in [0, 0.1) is 0 Å². The lowest BCUT2D eigenvalue weighted by Crippen LogP contribution is -2.08. The third kappa shape index (κ3) is 3.95. The maximum atomic E-state index is 12.1. The summed E-state index contributed by atoms with van der Waals surface area (Å²) in [4.78, 5) is 12.1. The van der Waals surface area contributed by atoms with E-state index in [9.17, 15) is 4.79 Å². The van der Waals surface area contributed by atoms with Crippen LogP contribution in [0.2, 0.25) is 0 Å². The predicted octanol–water partition coefficient (Wildman–Crippen LogP) is 4.29. The Kier molecular flexibility index (Phi) is 4.94. The van der Waals surface area contributed by atoms with Gasteiger partial charge in [0.05, 0.1) is 6.10 Å². The second-order valence-corrected chi connectivity index (χ2v) is 5.06. The molecule has 2 heteroatoms. The highest BCUT2D eigenvalue weighted by atomic mass is 16.5. The second kappa shape index (κ2) is 6.90. The van der Waals surface area contributed by atoms with Gasteiger partial charge in [-0.15, -0.1) is 0 Å². The van der Waals surface area contributed by atoms with E-state index in [-0.39, 0.29) is 11.9 Å². The van der Waals surface area contributed by atoms with Crippen molar-refractivity contribution < 1.29 is 9.53 Å². The number of para-hydroxylation sites is 1. The number of benzene rings is 2. The summed E-state index contributed by atoms with van der Waals surface area (Å²) < 4.78 is 5.77. The molecule has 0 aromatic heterocycles. The number of ketones is 1. The van der Waals surface area contributed by atoms with Gasteiger partial charge in [0.25, 0.3) is 0 Å². The zero-order valence-corrected chi connectivity index (χ0v) is 12.0. The fourth-order valence-corrected chi connectivity index (χ4v) is 2.10. The summed E-state index contributed by atoms with van der Waals surface area (Å²) in [6.07, 6.45) is 1.35. The minimum Gasteiger partial charge on any atom is -0.491 e. The molecule has 0 heterocycles. The standard InChI is InChI=1S/C18H20O2/c1-14(2)20-18-11-7-6-10-16(18)12-13-17(19)15-8-4-3-5-9-15/h3-11,14H,12-13H2,1-2H3. The van der Waals surface area contributed by atoms with E-state index in [0.29, 0.717) is 12.8 Å². The van der Waals surface area contributed by atoms with Crippen LogP contribution in [0.1, 0.15) is 36.2 Å². The molecular weight excluding hydrogens is 248 g/mol. The number of carbonyl (C=O) groups is 1. The number of aryl methyl sites for hydroxylation is 1. The summed E-state index contributed by atoms with van der Waals surface area (Å²) in [7, 11) is 0. The van der Waals surface area contributed by atoms with Gasteiger partial charge < -0.3 is 4.74 Å². The molecule has 0 unspecified atom stereocenters. The van der Waals surface area contributed by atoms with E-state index in [2.05, 4.69) is 0 Å². The van der Waals surface area contributed by atoms with Crippen molar-refractivity contribution in [3.05, 3.63) is 65.7 Å². The first-order valence-electron chi connectivity index (χ1n) is 6.99. The van der Waals surface area contributed by atoms with Gasteiger partial charge in [-0.05, 0) is 31.9 Å². The smallest absolute Gasteiger partial charge is 0.163 e. The molecule has 0 radical (unpaired) electrons. The lowest BCUT2D eigenvalue weighted by molar-refractivity contribution is 0.0982. The van der Waals surface area contributed by atoms with Crippen LogP contribution in [0.25, 0.3) is 0 Å². The number of Topliss-reactive ketones (excluding diaryl/α,β-unsaturated/α-hetero) is 1. The molecule has 0 spiro atoms. The van der Waals surface area contributed by atoms with E-state index in [1.54, 1.807) is 0 Å². The van der Waals surface area contributed by atoms with Crippen LogP contribution < -0.4 is 4.74 Å². The molecule has 0 N–H and O–H groups in total. The lowest BCUT2D eigenvalue weighted by atomic mass is 10.0. The molecule has 0 saturated carbocycles. The van der Waals surface area contributed by atoms with Crippen molar-refractivity contribution in [3.8, 4) is 5.75 Å². The minimum absolute atomic E-state index is 0.140. The van der Waals surface area contributed by atoms with Crippen LogP contribution >= 0.6 is 0 Å². The summed E-state index contributed by atoms with van der Waals surface area (Å²) in [6, 6.07) is 17.3. The first-order chi connectivity index (χ1) is 9.66. The molecular formula is C18H20O2. The van der Waals surface area contributed by atoms with Crippen molar-refractivity contribution in [1.29, 1.82) is 0 Å². The topological polar surface area (TPSA) is 26.3 Å². The van der Waals surface area contributed by atoms with E-state index in [4.69, 9.17) is 4.74 Å². The third-order valence-corrected chi connectivity index (χ3v) is 3.05. The maximum absolute atomic E-state index is 12.1. The zero-order valence-electron chi connectivity index (χ0n) is 12.0. The third-order valence-electron chi connectivity index (χ3n) is 3.05. The monoisotopic (exact) mass is 268 g/mol. The SMILES string of the molecule is CC(C)Oc1ccccc1CCC(=O)c1ccccc1. The Balaban J connectivity index is 2.02. The highest BCUT2D eigenvalue weighted by Crippen LogP contribution is 2.21. The predicted molar refractivity (Wildman–Crippen MR) is 81.3 cm³/mol. The molecule has 0 aliphatic carbocycles. The Hall–Kier alpha value is -2.09. The van der Waals surface area contributed by atoms with Gasteiger partial charge >= 0.3 is 0 Å². The van der Waals surface area contributed by atoms with Crippen LogP contribution in [-0.2, 0) is 6.42 Å². The molecule has 0 bridgehead atoms. The highest BCUT2D eigenvalue weighted by Gasteiger charge is 2.09. The fraction of sp³-hybridized carbons (Fsp3) is 0.278. The first-order valence-corrected chi connectivity index (χ1v) is 6.99. The van der Waals surface area contributed by atoms with Crippen molar-refractivity contribution in [3.63, 3.8) is 0 Å². The van der Waals surface area contributed by atoms with Crippen molar-refractivity contribution in [2.75, 3.05) is 0 Å². The van der Waals surface area contributed by atoms with Crippen molar-refractivity contribution in [2.24, 2.45) is 0 Å². The normalized spacial score (nSPS) is 10.6. The molecule has 0 aliphatic heterocycles. The molecule has 0 amide bonds. The molecule has 0 atom stereocenters. The molecule has 0 fully saturated rings. The van der Waals surface area contributed by atoms with Crippen LogP contribution in [-0.4, -0.2) is 11.9 Å². The lowest BCUT2D eigenvalue weighted by Gasteiger charge is -2.13. The van der Waals surface area contributed by atoms with Crippen molar-refractivity contribution >= 4 is 5.78 Å². The molecule has 2 rings (SSSR count). The van der Waals surface area contributed by atoms with Gasteiger partial charge in [-0.2, -0.15) is 0 Å². The summed E-state index contributed by atoms with van der Waals surface area (Å²) in [5.74, 6) is 1.05. The average molecular weight is 268 g/mol. The summed E-state index contributed by atoms with van der Waals surface area (Å²) in [5, 5.41) is 0. The number of ether oxygens (including phenoxy) is 1. The zero-order chi connectivity index (χ0) is 14.4. The first kappa shape index (κ1) is 14.3. The van der Waals surface area contributed by atoms with Gasteiger partial charge in [0.2, 0.25) is 0 Å². The van der Waals surface area contributed by atoms with Crippen molar-refractivity contribution in [2.45, 2.75) is 32.8 Å². The van der Waals surface area contributed by atoms with Gasteiger partial charge in [-0.25, -0.2) is 0 Å². The summed E-state index contributed by atoms with van der Waals surface area (Å²) >= 11 is 0. The Morgan fingerprint density at radius 2 is 1.65 bits per heavy atom. The summed E-state index contributed by atoms with van der Waals surface area (Å²) in [5.41, 5.74) is 1.86. The Bertz CT molecular complexity index is 559. The Morgan fingerprint density at radius 1 is 1.00 bits per heavy atom. The average Bonchev–Trinajstić information content (AvgIpc) is 2.46. The van der Waals surface area contributed by atoms with Gasteiger partial charge in [0.15, 0.2) is 5.78 Å². The number of rotatable bonds is 6. The van der Waals surface area contributed by atoms with Crippen molar-refractivity contribution in [1.82, 2.24) is 0 Å². The second-order valence-electron chi connectivity index (χ2n) is 5.06. The minimum atomic E-state index is 0.140. The molecule has 104 valence electrons. The molecule has 0 saturated heterocycles.